The number of pyridine rings is 1. The Labute approximate surface area is 201 Å². The second-order valence-electron chi connectivity index (χ2n) is 10.1. The predicted octanol–water partition coefficient (Wildman–Crippen LogP) is 7.15. The average Bonchev–Trinajstić information content (AvgIpc) is 3.37. The zero-order valence-corrected chi connectivity index (χ0v) is 22.3. The van der Waals surface area contributed by atoms with Gasteiger partial charge in [-0.15, -0.1) is 0 Å². The van der Waals surface area contributed by atoms with Crippen molar-refractivity contribution in [2.24, 2.45) is 0 Å². The van der Waals surface area contributed by atoms with Crippen LogP contribution in [0.15, 0.2) is 77.2 Å². The van der Waals surface area contributed by atoms with Gasteiger partial charge < -0.3 is 0 Å². The number of nitrogens with zero attached hydrogens (tertiary/aromatic N) is 3. The zero-order chi connectivity index (χ0) is 23.6. The second kappa shape index (κ2) is 7.57. The minimum atomic E-state index is -1.97. The summed E-state index contributed by atoms with van der Waals surface area (Å²) in [5, 5.41) is 2.28. The van der Waals surface area contributed by atoms with Crippen molar-refractivity contribution in [3.8, 4) is 17.1 Å². The van der Waals surface area contributed by atoms with Crippen molar-refractivity contribution in [2.45, 2.75) is 31.1 Å². The number of imidazole rings is 1. The van der Waals surface area contributed by atoms with Crippen LogP contribution in [0.1, 0.15) is 11.4 Å². The van der Waals surface area contributed by atoms with Gasteiger partial charge in [0.1, 0.15) is 0 Å². The number of aromatic nitrogens is 3. The van der Waals surface area contributed by atoms with E-state index in [0.717, 1.165) is 61.4 Å². The first-order chi connectivity index (χ1) is 16.3. The van der Waals surface area contributed by atoms with Crippen LogP contribution in [0.3, 0.4) is 0 Å². The van der Waals surface area contributed by atoms with Crippen molar-refractivity contribution in [1.82, 2.24) is 14.5 Å². The van der Waals surface area contributed by atoms with Crippen LogP contribution < -0.4 is 4.40 Å². The third-order valence-corrected chi connectivity index (χ3v) is 10.9. The van der Waals surface area contributed by atoms with E-state index in [2.05, 4.69) is 93.5 Å². The summed E-state index contributed by atoms with van der Waals surface area (Å²) < 4.78 is 10.3. The first-order valence-corrected chi connectivity index (χ1v) is 19.0. The molecule has 0 radical (unpaired) electrons. The fourth-order valence-electron chi connectivity index (χ4n) is 4.84. The van der Waals surface area contributed by atoms with Crippen molar-refractivity contribution in [3.05, 3.63) is 84.2 Å². The average molecular weight is 506 g/mol. The number of rotatable bonds is 3. The van der Waals surface area contributed by atoms with Gasteiger partial charge in [-0.1, -0.05) is 0 Å². The van der Waals surface area contributed by atoms with E-state index >= 15 is 0 Å². The van der Waals surface area contributed by atoms with Crippen LogP contribution in [0, 0.1) is 13.8 Å². The molecule has 168 valence electrons. The molecule has 0 aliphatic heterocycles. The van der Waals surface area contributed by atoms with Crippen molar-refractivity contribution in [2.75, 3.05) is 0 Å². The van der Waals surface area contributed by atoms with Gasteiger partial charge in [0.15, 0.2) is 0 Å². The Morgan fingerprint density at radius 1 is 0.794 bits per heavy atom. The molecule has 5 heteroatoms. The molecule has 6 rings (SSSR count). The molecule has 0 unspecified atom stereocenters. The molecular weight excluding hydrogens is 479 g/mol. The molecule has 3 aromatic carbocycles. The molecule has 34 heavy (non-hydrogen) atoms. The molecule has 0 N–H and O–H groups in total. The Morgan fingerprint density at radius 2 is 1.59 bits per heavy atom. The summed E-state index contributed by atoms with van der Waals surface area (Å²) in [6.07, 6.45) is 0. The quantitative estimate of drug-likeness (QED) is 0.240. The van der Waals surface area contributed by atoms with Gasteiger partial charge in [-0.05, 0) is 0 Å². The van der Waals surface area contributed by atoms with Crippen LogP contribution in [0.5, 0.6) is 0 Å². The SMILES string of the molecule is Cc1cc2c(nc(-c3cccc4c3oc3c[c]([Ge]([CH3])([CH3])[CH3])ccc34)n2-c2ccccc2)c(C)n1. The van der Waals surface area contributed by atoms with Gasteiger partial charge in [0.2, 0.25) is 0 Å². The molecule has 0 bridgehead atoms. The number of furan rings is 1. The molecule has 0 atom stereocenters. The van der Waals surface area contributed by atoms with Crippen molar-refractivity contribution < 1.29 is 4.42 Å². The Kier molecular flexibility index (Phi) is 4.71. The molecule has 6 aromatic rings. The van der Waals surface area contributed by atoms with E-state index in [9.17, 15) is 0 Å². The van der Waals surface area contributed by atoms with E-state index in [1.54, 1.807) is 0 Å². The summed E-state index contributed by atoms with van der Waals surface area (Å²) in [5.41, 5.74) is 7.79. The molecule has 0 aliphatic carbocycles. The summed E-state index contributed by atoms with van der Waals surface area (Å²) in [7, 11) is 0. The van der Waals surface area contributed by atoms with Crippen molar-refractivity contribution in [3.63, 3.8) is 0 Å². The van der Waals surface area contributed by atoms with Crippen LogP contribution in [0.2, 0.25) is 17.3 Å². The zero-order valence-electron chi connectivity index (χ0n) is 20.2. The van der Waals surface area contributed by atoms with Crippen LogP contribution in [-0.2, 0) is 0 Å². The molecule has 0 saturated heterocycles. The molecule has 4 nitrogen and oxygen atoms in total. The van der Waals surface area contributed by atoms with Crippen molar-refractivity contribution in [1.29, 1.82) is 0 Å². The summed E-state index contributed by atoms with van der Waals surface area (Å²) in [4.78, 5) is 9.81. The number of fused-ring (bicyclic) bond motifs is 4. The number of aryl methyl sites for hydroxylation is 2. The van der Waals surface area contributed by atoms with Crippen LogP contribution >= 0.6 is 0 Å². The molecule has 0 saturated carbocycles. The fraction of sp³-hybridized carbons (Fsp3) is 0.172. The van der Waals surface area contributed by atoms with Gasteiger partial charge in [0.05, 0.1) is 0 Å². The standard InChI is InChI=1S/C29H27GeN3O/c1-18-16-25-27(19(2)31-18)32-29(33(25)21-10-7-6-8-11-21)24-13-9-12-23-22-15-14-20(30(3,4)5)17-26(22)34-28(23)24/h6-17H,1-5H3. The van der Waals surface area contributed by atoms with Gasteiger partial charge in [-0.25, -0.2) is 0 Å². The van der Waals surface area contributed by atoms with Gasteiger partial charge in [-0.3, -0.25) is 0 Å². The van der Waals surface area contributed by atoms with Gasteiger partial charge >= 0.3 is 202 Å². The fourth-order valence-corrected chi connectivity index (χ4v) is 7.25. The third-order valence-electron chi connectivity index (χ3n) is 6.57. The number of hydrogen-bond acceptors (Lipinski definition) is 3. The first-order valence-electron chi connectivity index (χ1n) is 11.7. The molecule has 0 fully saturated rings. The van der Waals surface area contributed by atoms with E-state index in [1.807, 2.05) is 19.9 Å². The minimum absolute atomic E-state index is 0.870. The molecule has 0 aliphatic rings. The van der Waals surface area contributed by atoms with E-state index in [1.165, 1.54) is 4.40 Å². The van der Waals surface area contributed by atoms with E-state index < -0.39 is 13.3 Å². The van der Waals surface area contributed by atoms with E-state index in [0.29, 0.717) is 0 Å². The van der Waals surface area contributed by atoms with Gasteiger partial charge in [0.25, 0.3) is 0 Å². The Balaban J connectivity index is 1.70. The number of benzene rings is 3. The summed E-state index contributed by atoms with van der Waals surface area (Å²) >= 11 is -1.97. The van der Waals surface area contributed by atoms with Gasteiger partial charge in [-0.2, -0.15) is 0 Å². The molecule has 3 heterocycles. The number of hydrogen-bond donors (Lipinski definition) is 0. The summed E-state index contributed by atoms with van der Waals surface area (Å²) in [6.45, 7) is 4.06. The molecule has 3 aromatic heterocycles. The molecule has 0 amide bonds. The van der Waals surface area contributed by atoms with E-state index in [4.69, 9.17) is 9.40 Å². The molecule has 0 spiro atoms. The summed E-state index contributed by atoms with van der Waals surface area (Å²) in [6, 6.07) is 25.7. The van der Waals surface area contributed by atoms with Crippen LogP contribution in [0.4, 0.5) is 0 Å². The predicted molar refractivity (Wildman–Crippen MR) is 144 cm³/mol. The maximum atomic E-state index is 6.58. The Bertz CT molecular complexity index is 1710. The van der Waals surface area contributed by atoms with Gasteiger partial charge in [0, 0.05) is 0 Å². The monoisotopic (exact) mass is 507 g/mol. The maximum absolute atomic E-state index is 6.58. The normalized spacial score (nSPS) is 12.3. The Morgan fingerprint density at radius 3 is 2.35 bits per heavy atom. The first kappa shape index (κ1) is 21.2. The Hall–Kier alpha value is -3.38. The second-order valence-corrected chi connectivity index (χ2v) is 20.7. The summed E-state index contributed by atoms with van der Waals surface area (Å²) in [5.74, 6) is 8.11. The van der Waals surface area contributed by atoms with E-state index in [-0.39, 0.29) is 0 Å². The molecular formula is C29H27GeN3O. The third kappa shape index (κ3) is 3.28. The topological polar surface area (TPSA) is 43.9 Å². The number of para-hydroxylation sites is 2. The van der Waals surface area contributed by atoms with Crippen LogP contribution in [0.25, 0.3) is 50.0 Å². The van der Waals surface area contributed by atoms with Crippen LogP contribution in [-0.4, -0.2) is 27.8 Å². The van der Waals surface area contributed by atoms with Crippen molar-refractivity contribution >= 4 is 50.6 Å².